The highest BCUT2D eigenvalue weighted by atomic mass is 19.1. The summed E-state index contributed by atoms with van der Waals surface area (Å²) in [4.78, 5) is 44.9. The fourth-order valence-corrected chi connectivity index (χ4v) is 5.87. The summed E-state index contributed by atoms with van der Waals surface area (Å²) in [7, 11) is 0. The molecule has 1 fully saturated rings. The van der Waals surface area contributed by atoms with Crippen LogP contribution in [0.3, 0.4) is 0 Å². The average Bonchev–Trinajstić information content (AvgIpc) is 2.98. The zero-order valence-corrected chi connectivity index (χ0v) is 27.4. The summed E-state index contributed by atoms with van der Waals surface area (Å²) in [6.45, 7) is 15.8. The fraction of sp³-hybridized carbons (Fsp3) is 0.412. The monoisotopic (exact) mass is 626 g/mol. The van der Waals surface area contributed by atoms with Crippen LogP contribution in [0.2, 0.25) is 0 Å². The highest BCUT2D eigenvalue weighted by molar-refractivity contribution is 5.93. The number of amides is 1. The number of ether oxygens (including phenoxy) is 1. The number of para-hydroxylation sites is 1. The summed E-state index contributed by atoms with van der Waals surface area (Å²) in [5.41, 5.74) is 7.46. The second-order valence-corrected chi connectivity index (χ2v) is 13.1. The maximum atomic E-state index is 14.6. The maximum Gasteiger partial charge on any atom is 0.410 e. The van der Waals surface area contributed by atoms with Crippen LogP contribution in [-0.2, 0) is 4.74 Å². The Hall–Kier alpha value is -5.05. The maximum absolute atomic E-state index is 14.6. The molecule has 0 aliphatic carbocycles. The molecule has 46 heavy (non-hydrogen) atoms. The number of anilines is 2. The van der Waals surface area contributed by atoms with Gasteiger partial charge in [-0.25, -0.2) is 23.5 Å². The molecular weight excluding hydrogens is 587 g/mol. The van der Waals surface area contributed by atoms with Gasteiger partial charge in [0.25, 0.3) is 0 Å². The lowest BCUT2D eigenvalue weighted by molar-refractivity contribution is 0.0130. The second-order valence-electron chi connectivity index (χ2n) is 13.1. The molecule has 0 bridgehead atoms. The molecule has 1 aliphatic rings. The smallest absolute Gasteiger partial charge is 0.410 e. The van der Waals surface area contributed by atoms with Crippen molar-refractivity contribution in [2.24, 2.45) is 0 Å². The van der Waals surface area contributed by atoms with Gasteiger partial charge in [0, 0.05) is 36.9 Å². The number of nitrogen functional groups attached to an aromatic ring is 1. The van der Waals surface area contributed by atoms with E-state index in [1.54, 1.807) is 23.2 Å². The Labute approximate surface area is 267 Å². The number of nitrogens with zero attached hydrogens (tertiary/aromatic N) is 7. The van der Waals surface area contributed by atoms with Crippen LogP contribution >= 0.6 is 0 Å². The standard InChI is InChI=1S/C34H39FN8O3/c1-18(2)27-29(19(3)12-13-38-27)43-31-24(14-22(15-36)28(39-31)23-10-9-11-25(35)26(23)37)30(40-32(43)44)41-16-21(5)42(17-20(41)4)33(45)46-34(6,7)8/h9-14,18,20-21H,16-17,37H2,1-8H3/t20-,21+/m0/s1. The second kappa shape index (κ2) is 12.0. The lowest BCUT2D eigenvalue weighted by atomic mass is 10.0. The summed E-state index contributed by atoms with van der Waals surface area (Å²) in [6, 6.07) is 9.38. The average molecular weight is 627 g/mol. The number of piperazine rings is 1. The number of benzene rings is 1. The van der Waals surface area contributed by atoms with Crippen LogP contribution in [0.4, 0.5) is 20.7 Å². The number of fused-ring (bicyclic) bond motifs is 1. The largest absolute Gasteiger partial charge is 0.444 e. The lowest BCUT2D eigenvalue weighted by Gasteiger charge is -2.44. The van der Waals surface area contributed by atoms with Crippen LogP contribution in [-0.4, -0.2) is 61.3 Å². The Morgan fingerprint density at radius 1 is 1.15 bits per heavy atom. The number of carbonyl (C=O) groups is 1. The van der Waals surface area contributed by atoms with E-state index in [1.807, 2.05) is 66.4 Å². The van der Waals surface area contributed by atoms with E-state index < -0.39 is 23.2 Å². The third-order valence-corrected chi connectivity index (χ3v) is 8.09. The van der Waals surface area contributed by atoms with Crippen LogP contribution in [0.25, 0.3) is 28.0 Å². The Morgan fingerprint density at radius 3 is 2.52 bits per heavy atom. The van der Waals surface area contributed by atoms with Gasteiger partial charge in [0.15, 0.2) is 5.65 Å². The number of carbonyl (C=O) groups excluding carboxylic acids is 1. The predicted octanol–water partition coefficient (Wildman–Crippen LogP) is 5.70. The molecule has 0 spiro atoms. The number of pyridine rings is 2. The normalized spacial score (nSPS) is 17.0. The molecule has 0 unspecified atom stereocenters. The molecule has 0 radical (unpaired) electrons. The third-order valence-electron chi connectivity index (χ3n) is 8.09. The molecule has 1 aliphatic heterocycles. The molecular formula is C34H39FN8O3. The van der Waals surface area contributed by atoms with Gasteiger partial charge in [0.1, 0.15) is 23.3 Å². The van der Waals surface area contributed by atoms with Gasteiger partial charge in [0.05, 0.1) is 33.7 Å². The van der Waals surface area contributed by atoms with E-state index in [-0.39, 0.29) is 46.2 Å². The van der Waals surface area contributed by atoms with Gasteiger partial charge in [0.2, 0.25) is 0 Å². The Bertz CT molecular complexity index is 1940. The highest BCUT2D eigenvalue weighted by Crippen LogP contribution is 2.36. The molecule has 11 nitrogen and oxygen atoms in total. The molecule has 5 rings (SSSR count). The molecule has 3 aromatic heterocycles. The predicted molar refractivity (Wildman–Crippen MR) is 175 cm³/mol. The first-order valence-electron chi connectivity index (χ1n) is 15.3. The summed E-state index contributed by atoms with van der Waals surface area (Å²) in [6.07, 6.45) is 1.27. The summed E-state index contributed by atoms with van der Waals surface area (Å²) < 4.78 is 21.7. The van der Waals surface area contributed by atoms with E-state index in [0.29, 0.717) is 35.7 Å². The number of rotatable bonds is 4. The van der Waals surface area contributed by atoms with Gasteiger partial charge in [-0.15, -0.1) is 0 Å². The molecule has 1 amide bonds. The molecule has 1 saturated heterocycles. The first kappa shape index (κ1) is 32.3. The van der Waals surface area contributed by atoms with E-state index in [0.717, 1.165) is 5.56 Å². The SMILES string of the molecule is Cc1ccnc(C(C)C)c1-n1c(=O)nc(N2C[C@@H](C)N(C(=O)OC(C)(C)C)C[C@@H]2C)c2cc(C#N)c(-c3cccc(F)c3N)nc21. The number of halogens is 1. The van der Waals surface area contributed by atoms with Gasteiger partial charge >= 0.3 is 11.8 Å². The van der Waals surface area contributed by atoms with Crippen LogP contribution in [0.15, 0.2) is 41.3 Å². The fourth-order valence-electron chi connectivity index (χ4n) is 5.87. The van der Waals surface area contributed by atoms with Crippen molar-refractivity contribution in [1.29, 1.82) is 5.26 Å². The van der Waals surface area contributed by atoms with E-state index in [9.17, 15) is 19.2 Å². The zero-order valence-electron chi connectivity index (χ0n) is 27.4. The molecule has 4 heterocycles. The molecule has 2 atom stereocenters. The molecule has 4 aromatic rings. The van der Waals surface area contributed by atoms with E-state index >= 15 is 0 Å². The zero-order chi connectivity index (χ0) is 33.7. The van der Waals surface area contributed by atoms with Crippen molar-refractivity contribution in [3.63, 3.8) is 0 Å². The number of nitrogens with two attached hydrogens (primary N) is 1. The van der Waals surface area contributed by atoms with Crippen LogP contribution in [0, 0.1) is 24.1 Å². The lowest BCUT2D eigenvalue weighted by Crippen LogP contribution is -2.59. The van der Waals surface area contributed by atoms with Crippen molar-refractivity contribution in [1.82, 2.24) is 24.4 Å². The first-order valence-corrected chi connectivity index (χ1v) is 15.3. The van der Waals surface area contributed by atoms with Gasteiger partial charge in [-0.2, -0.15) is 10.2 Å². The first-order chi connectivity index (χ1) is 21.6. The molecule has 2 N–H and O–H groups in total. The number of aromatic nitrogens is 4. The highest BCUT2D eigenvalue weighted by Gasteiger charge is 2.36. The van der Waals surface area contributed by atoms with Crippen LogP contribution in [0.5, 0.6) is 0 Å². The van der Waals surface area contributed by atoms with Crippen molar-refractivity contribution in [2.45, 2.75) is 79.0 Å². The number of hydrogen-bond acceptors (Lipinski definition) is 9. The van der Waals surface area contributed by atoms with Gasteiger partial charge in [-0.05, 0) is 71.2 Å². The quantitative estimate of drug-likeness (QED) is 0.282. The minimum Gasteiger partial charge on any atom is -0.444 e. The molecule has 240 valence electrons. The minimum atomic E-state index is -0.652. The van der Waals surface area contributed by atoms with Crippen molar-refractivity contribution >= 4 is 28.6 Å². The summed E-state index contributed by atoms with van der Waals surface area (Å²) >= 11 is 0. The number of aryl methyl sites for hydroxylation is 1. The van der Waals surface area contributed by atoms with Crippen molar-refractivity contribution in [3.8, 4) is 23.0 Å². The van der Waals surface area contributed by atoms with E-state index in [1.165, 1.54) is 16.7 Å². The Balaban J connectivity index is 1.79. The number of nitriles is 1. The molecule has 12 heteroatoms. The van der Waals surface area contributed by atoms with Gasteiger partial charge < -0.3 is 20.3 Å². The van der Waals surface area contributed by atoms with Crippen molar-refractivity contribution in [2.75, 3.05) is 23.7 Å². The van der Waals surface area contributed by atoms with E-state index in [4.69, 9.17) is 15.5 Å². The van der Waals surface area contributed by atoms with Crippen molar-refractivity contribution in [3.05, 3.63) is 69.7 Å². The molecule has 1 aromatic carbocycles. The summed E-state index contributed by atoms with van der Waals surface area (Å²) in [5.74, 6) is -0.364. The molecule has 0 saturated carbocycles. The van der Waals surface area contributed by atoms with E-state index in [2.05, 4.69) is 16.0 Å². The minimum absolute atomic E-state index is 0.0463. The van der Waals surface area contributed by atoms with Gasteiger partial charge in [-0.1, -0.05) is 26.0 Å². The third kappa shape index (κ3) is 5.85. The van der Waals surface area contributed by atoms with Gasteiger partial charge in [-0.3, -0.25) is 4.98 Å². The Kier molecular flexibility index (Phi) is 8.47. The van der Waals surface area contributed by atoms with Crippen LogP contribution < -0.4 is 16.3 Å². The number of hydrogen-bond donors (Lipinski definition) is 1. The Morgan fingerprint density at radius 2 is 1.87 bits per heavy atom. The van der Waals surface area contributed by atoms with Crippen LogP contribution in [0.1, 0.15) is 71.2 Å². The summed E-state index contributed by atoms with van der Waals surface area (Å²) in [5, 5.41) is 10.7. The van der Waals surface area contributed by atoms with Crippen molar-refractivity contribution < 1.29 is 13.9 Å². The topological polar surface area (TPSA) is 143 Å².